The fourth-order valence-corrected chi connectivity index (χ4v) is 5.67. The Morgan fingerprint density at radius 3 is 2.44 bits per heavy atom. The average Bonchev–Trinajstić information content (AvgIpc) is 3.03. The molecule has 0 N–H and O–H groups in total. The van der Waals surface area contributed by atoms with Crippen LogP contribution in [-0.2, 0) is 4.79 Å². The zero-order chi connectivity index (χ0) is 22.6. The number of aromatic nitrogens is 1. The number of ketones is 1. The molecular weight excluding hydrogens is 440 g/mol. The first-order chi connectivity index (χ1) is 15.2. The second kappa shape index (κ2) is 7.68. The lowest BCUT2D eigenvalue weighted by Gasteiger charge is -2.35. The van der Waals surface area contributed by atoms with E-state index in [0.29, 0.717) is 32.8 Å². The van der Waals surface area contributed by atoms with Gasteiger partial charge in [-0.2, -0.15) is 0 Å². The van der Waals surface area contributed by atoms with Gasteiger partial charge in [0.2, 0.25) is 0 Å². The highest BCUT2D eigenvalue weighted by Gasteiger charge is 2.40. The van der Waals surface area contributed by atoms with E-state index in [1.54, 1.807) is 16.7 Å². The maximum atomic E-state index is 13.6. The zero-order valence-electron chi connectivity index (χ0n) is 18.2. The lowest BCUT2D eigenvalue weighted by molar-refractivity contribution is -0.118. The second-order valence-electron chi connectivity index (χ2n) is 9.35. The number of fused-ring (bicyclic) bond motifs is 1. The molecule has 1 aromatic heterocycles. The van der Waals surface area contributed by atoms with Crippen LogP contribution in [0.25, 0.3) is 6.08 Å². The number of allylic oxidation sites excluding steroid dienone is 2. The Balaban J connectivity index is 1.76. The quantitative estimate of drug-likeness (QED) is 0.560. The minimum absolute atomic E-state index is 0.0627. The molecule has 1 aliphatic carbocycles. The van der Waals surface area contributed by atoms with Crippen LogP contribution in [0.2, 0.25) is 5.02 Å². The number of aryl methyl sites for hydroxylation is 1. The van der Waals surface area contributed by atoms with Crippen molar-refractivity contribution in [1.29, 1.82) is 0 Å². The molecule has 0 saturated heterocycles. The second-order valence-corrected chi connectivity index (χ2v) is 10.8. The number of halogens is 1. The van der Waals surface area contributed by atoms with E-state index < -0.39 is 6.04 Å². The molecular formula is C26H23ClN2O2S. The van der Waals surface area contributed by atoms with E-state index in [-0.39, 0.29) is 16.8 Å². The first-order valence-electron chi connectivity index (χ1n) is 10.6. The third kappa shape index (κ3) is 3.70. The van der Waals surface area contributed by atoms with Crippen LogP contribution >= 0.6 is 22.9 Å². The summed E-state index contributed by atoms with van der Waals surface area (Å²) in [6, 6.07) is 15.0. The summed E-state index contributed by atoms with van der Waals surface area (Å²) in [6.07, 6.45) is 3.06. The molecule has 1 unspecified atom stereocenters. The molecule has 32 heavy (non-hydrogen) atoms. The lowest BCUT2D eigenvalue weighted by atomic mass is 9.73. The fourth-order valence-electron chi connectivity index (χ4n) is 4.52. The van der Waals surface area contributed by atoms with Crippen molar-refractivity contribution < 1.29 is 4.79 Å². The number of nitrogens with zero attached hydrogens (tertiary/aromatic N) is 2. The van der Waals surface area contributed by atoms with Gasteiger partial charge in [-0.15, -0.1) is 0 Å². The first-order valence-corrected chi connectivity index (χ1v) is 11.8. The van der Waals surface area contributed by atoms with Crippen LogP contribution in [0, 0.1) is 12.3 Å². The molecule has 2 aromatic carbocycles. The molecule has 0 bridgehead atoms. The molecule has 0 amide bonds. The molecule has 5 rings (SSSR count). The normalized spacial score (nSPS) is 20.1. The van der Waals surface area contributed by atoms with Crippen molar-refractivity contribution in [3.05, 3.63) is 101 Å². The molecule has 0 radical (unpaired) electrons. The van der Waals surface area contributed by atoms with Gasteiger partial charge in [-0.05, 0) is 48.1 Å². The third-order valence-corrected chi connectivity index (χ3v) is 7.29. The minimum atomic E-state index is -0.484. The van der Waals surface area contributed by atoms with Gasteiger partial charge < -0.3 is 0 Å². The lowest BCUT2D eigenvalue weighted by Crippen LogP contribution is -2.42. The molecule has 3 aromatic rings. The Hall–Kier alpha value is -2.76. The van der Waals surface area contributed by atoms with E-state index in [9.17, 15) is 9.59 Å². The summed E-state index contributed by atoms with van der Waals surface area (Å²) in [5, 5.41) is 0.617. The summed E-state index contributed by atoms with van der Waals surface area (Å²) in [4.78, 5) is 32.3. The van der Waals surface area contributed by atoms with Crippen molar-refractivity contribution in [2.45, 2.75) is 39.7 Å². The van der Waals surface area contributed by atoms with Crippen molar-refractivity contribution in [3.8, 4) is 0 Å². The van der Waals surface area contributed by atoms with Crippen LogP contribution < -0.4 is 14.9 Å². The van der Waals surface area contributed by atoms with Gasteiger partial charge in [-0.3, -0.25) is 14.2 Å². The first kappa shape index (κ1) is 21.1. The van der Waals surface area contributed by atoms with E-state index >= 15 is 0 Å². The highest BCUT2D eigenvalue weighted by molar-refractivity contribution is 7.07. The maximum Gasteiger partial charge on any atom is 0.271 e. The Labute approximate surface area is 195 Å². The molecule has 6 heteroatoms. The number of Topliss-reactive ketones (excluding diaryl/α,β-unsaturated/α-hetero) is 1. The number of hydrogen-bond donors (Lipinski definition) is 0. The highest BCUT2D eigenvalue weighted by Crippen LogP contribution is 2.43. The van der Waals surface area contributed by atoms with Crippen LogP contribution in [0.15, 0.2) is 69.6 Å². The summed E-state index contributed by atoms with van der Waals surface area (Å²) in [7, 11) is 0. The SMILES string of the molecule is Cc1ccc(C=c2sc3n(c2=O)C(c2ccc(Cl)cc2)C2=C(CC(C)(C)CC2=O)N=3)cc1. The maximum absolute atomic E-state index is 13.6. The molecule has 2 heterocycles. The molecule has 0 spiro atoms. The van der Waals surface area contributed by atoms with Crippen LogP contribution in [-0.4, -0.2) is 10.4 Å². The number of thiazole rings is 1. The van der Waals surface area contributed by atoms with Crippen molar-refractivity contribution in [3.63, 3.8) is 0 Å². The molecule has 4 nitrogen and oxygen atoms in total. The van der Waals surface area contributed by atoms with Crippen LogP contribution in [0.5, 0.6) is 0 Å². The standard InChI is InChI=1S/C26H23ClN2O2S/c1-15-4-6-16(7-5-15)12-21-24(31)29-23(17-8-10-18(27)11-9-17)22-19(28-25(29)32-21)13-26(2,3)14-20(22)30/h4-12,23H,13-14H2,1-3H3. The third-order valence-electron chi connectivity index (χ3n) is 6.06. The van der Waals surface area contributed by atoms with Gasteiger partial charge in [0, 0.05) is 17.0 Å². The Bertz CT molecular complexity index is 1440. The van der Waals surface area contributed by atoms with E-state index in [4.69, 9.17) is 16.6 Å². The summed E-state index contributed by atoms with van der Waals surface area (Å²) in [5.74, 6) is 0.0627. The number of carbonyl (C=O) groups excluding carboxylic acids is 1. The Kier molecular flexibility index (Phi) is 5.06. The predicted octanol–water partition coefficient (Wildman–Crippen LogP) is 4.57. The summed E-state index contributed by atoms with van der Waals surface area (Å²) >= 11 is 7.50. The molecule has 162 valence electrons. The van der Waals surface area contributed by atoms with Crippen molar-refractivity contribution >= 4 is 34.8 Å². The number of hydrogen-bond acceptors (Lipinski definition) is 4. The van der Waals surface area contributed by atoms with Crippen molar-refractivity contribution in [2.24, 2.45) is 10.4 Å². The molecule has 2 aliphatic rings. The van der Waals surface area contributed by atoms with Crippen molar-refractivity contribution in [2.75, 3.05) is 0 Å². The summed E-state index contributed by atoms with van der Waals surface area (Å²) in [6.45, 7) is 6.22. The van der Waals surface area contributed by atoms with E-state index in [2.05, 4.69) is 13.8 Å². The predicted molar refractivity (Wildman–Crippen MR) is 129 cm³/mol. The smallest absolute Gasteiger partial charge is 0.271 e. The molecule has 0 fully saturated rings. The molecule has 1 atom stereocenters. The average molecular weight is 463 g/mol. The number of carbonyl (C=O) groups is 1. The number of benzene rings is 2. The molecule has 0 saturated carbocycles. The summed E-state index contributed by atoms with van der Waals surface area (Å²) in [5.41, 5.74) is 4.16. The van der Waals surface area contributed by atoms with Crippen LogP contribution in [0.1, 0.15) is 49.4 Å². The largest absolute Gasteiger partial charge is 0.294 e. The monoisotopic (exact) mass is 462 g/mol. The number of rotatable bonds is 2. The van der Waals surface area contributed by atoms with Crippen LogP contribution in [0.4, 0.5) is 0 Å². The van der Waals surface area contributed by atoms with Gasteiger partial charge in [0.15, 0.2) is 10.6 Å². The van der Waals surface area contributed by atoms with Gasteiger partial charge >= 0.3 is 0 Å². The highest BCUT2D eigenvalue weighted by atomic mass is 35.5. The Morgan fingerprint density at radius 2 is 1.75 bits per heavy atom. The molecule has 1 aliphatic heterocycles. The minimum Gasteiger partial charge on any atom is -0.294 e. The van der Waals surface area contributed by atoms with Gasteiger partial charge in [0.25, 0.3) is 5.56 Å². The zero-order valence-corrected chi connectivity index (χ0v) is 19.8. The fraction of sp³-hybridized carbons (Fsp3) is 0.269. The Morgan fingerprint density at radius 1 is 1.06 bits per heavy atom. The summed E-state index contributed by atoms with van der Waals surface area (Å²) < 4.78 is 2.29. The van der Waals surface area contributed by atoms with Gasteiger partial charge in [0.05, 0.1) is 16.3 Å². The van der Waals surface area contributed by atoms with Gasteiger partial charge in [-0.1, -0.05) is 78.7 Å². The van der Waals surface area contributed by atoms with Crippen LogP contribution in [0.3, 0.4) is 0 Å². The van der Waals surface area contributed by atoms with Crippen molar-refractivity contribution in [1.82, 2.24) is 4.57 Å². The topological polar surface area (TPSA) is 51.4 Å². The van der Waals surface area contributed by atoms with E-state index in [0.717, 1.165) is 16.8 Å². The van der Waals surface area contributed by atoms with E-state index in [1.165, 1.54) is 16.9 Å². The van der Waals surface area contributed by atoms with E-state index in [1.807, 2.05) is 49.4 Å². The van der Waals surface area contributed by atoms with Gasteiger partial charge in [-0.25, -0.2) is 4.99 Å². The van der Waals surface area contributed by atoms with Gasteiger partial charge in [0.1, 0.15) is 0 Å².